The van der Waals surface area contributed by atoms with E-state index in [4.69, 9.17) is 0 Å². The first-order chi connectivity index (χ1) is 8.54. The summed E-state index contributed by atoms with van der Waals surface area (Å²) in [5, 5.41) is 0. The van der Waals surface area contributed by atoms with Crippen LogP contribution < -0.4 is 0 Å². The Morgan fingerprint density at radius 2 is 2.00 bits per heavy atom. The van der Waals surface area contributed by atoms with Gasteiger partial charge in [-0.25, -0.2) is 4.39 Å². The molecule has 0 saturated carbocycles. The molecule has 1 aliphatic rings. The molecule has 1 saturated heterocycles. The minimum absolute atomic E-state index is 0.187. The molecule has 2 unspecified atom stereocenters. The first kappa shape index (κ1) is 13.5. The Hall–Kier alpha value is -0.910. The molecule has 0 radical (unpaired) electrons. The number of carbonyl (C=O) groups excluding carboxylic acids is 1. The summed E-state index contributed by atoms with van der Waals surface area (Å²) < 4.78 is 26.9. The zero-order valence-corrected chi connectivity index (χ0v) is 11.2. The molecule has 1 heterocycles. The number of rotatable bonds is 3. The summed E-state index contributed by atoms with van der Waals surface area (Å²) in [4.78, 5) is 11.7. The molecule has 0 spiro atoms. The molecule has 4 atom stereocenters. The van der Waals surface area contributed by atoms with Crippen molar-refractivity contribution < 1.29 is 13.7 Å². The number of hydrogen-bond acceptors (Lipinski definition) is 3. The maximum atomic E-state index is 12.8. The molecule has 18 heavy (non-hydrogen) atoms. The van der Waals surface area contributed by atoms with Crippen LogP contribution in [0.1, 0.15) is 13.8 Å². The van der Waals surface area contributed by atoms with Crippen LogP contribution in [0, 0.1) is 17.7 Å². The van der Waals surface area contributed by atoms with Crippen LogP contribution in [0.25, 0.3) is 0 Å². The maximum absolute atomic E-state index is 12.8. The summed E-state index contributed by atoms with van der Waals surface area (Å²) in [5.74, 6) is 0.155. The van der Waals surface area contributed by atoms with Gasteiger partial charge in [0.15, 0.2) is 4.90 Å². The monoisotopic (exact) mass is 269 g/mol. The molecule has 2 rings (SSSR count). The predicted molar refractivity (Wildman–Crippen MR) is 67.7 cm³/mol. The predicted octanol–water partition coefficient (Wildman–Crippen LogP) is 2.00. The first-order valence-corrected chi connectivity index (χ1v) is 7.04. The number of hydrogen-bond donors (Lipinski definition) is 0. The van der Waals surface area contributed by atoms with E-state index >= 15 is 0 Å². The average Bonchev–Trinajstić information content (AvgIpc) is 2.65. The van der Waals surface area contributed by atoms with E-state index in [1.807, 2.05) is 13.8 Å². The topological polar surface area (TPSA) is 43.4 Å². The fourth-order valence-electron chi connectivity index (χ4n) is 2.23. The summed E-state index contributed by atoms with van der Waals surface area (Å²) in [6, 6.07) is 5.24. The van der Waals surface area contributed by atoms with Crippen LogP contribution in [-0.2, 0) is 16.2 Å². The van der Waals surface area contributed by atoms with E-state index in [2.05, 4.69) is 0 Å². The fourth-order valence-corrected chi connectivity index (χ4v) is 3.70. The minimum Gasteiger partial charge on any atom is -0.593 e. The van der Waals surface area contributed by atoms with Crippen LogP contribution >= 0.6 is 0 Å². The van der Waals surface area contributed by atoms with Crippen molar-refractivity contribution in [3.8, 4) is 0 Å². The third-order valence-electron chi connectivity index (χ3n) is 3.60. The number of aldehydes is 1. The SMILES string of the molecule is C[C@@H]1C(C=O)N([S+]([O-])c2ccc(F)cc2)C[C@@H]1C. The molecule has 3 nitrogen and oxygen atoms in total. The lowest BCUT2D eigenvalue weighted by molar-refractivity contribution is -0.111. The molecule has 0 bridgehead atoms. The van der Waals surface area contributed by atoms with Gasteiger partial charge in [-0.1, -0.05) is 13.8 Å². The highest BCUT2D eigenvalue weighted by Crippen LogP contribution is 2.32. The van der Waals surface area contributed by atoms with Crippen molar-refractivity contribution in [1.29, 1.82) is 0 Å². The summed E-state index contributed by atoms with van der Waals surface area (Å²) in [6.45, 7) is 4.66. The third-order valence-corrected chi connectivity index (χ3v) is 5.10. The zero-order chi connectivity index (χ0) is 13.3. The molecule has 1 aromatic carbocycles. The van der Waals surface area contributed by atoms with Gasteiger partial charge in [-0.15, -0.1) is 4.31 Å². The van der Waals surface area contributed by atoms with Crippen LogP contribution in [0.3, 0.4) is 0 Å². The van der Waals surface area contributed by atoms with Crippen molar-refractivity contribution in [2.75, 3.05) is 6.54 Å². The van der Waals surface area contributed by atoms with Gasteiger partial charge >= 0.3 is 0 Å². The normalized spacial score (nSPS) is 30.3. The molecule has 98 valence electrons. The van der Waals surface area contributed by atoms with Crippen molar-refractivity contribution in [3.05, 3.63) is 30.1 Å². The van der Waals surface area contributed by atoms with Crippen molar-refractivity contribution in [1.82, 2.24) is 4.31 Å². The van der Waals surface area contributed by atoms with Crippen molar-refractivity contribution in [2.24, 2.45) is 11.8 Å². The van der Waals surface area contributed by atoms with E-state index in [1.54, 1.807) is 4.31 Å². The zero-order valence-electron chi connectivity index (χ0n) is 10.4. The summed E-state index contributed by atoms with van der Waals surface area (Å²) in [6.07, 6.45) is 0.857. The lowest BCUT2D eigenvalue weighted by atomic mass is 9.95. The molecule has 1 aliphatic heterocycles. The van der Waals surface area contributed by atoms with Crippen molar-refractivity contribution in [3.63, 3.8) is 0 Å². The Kier molecular flexibility index (Phi) is 4.04. The van der Waals surface area contributed by atoms with Gasteiger partial charge in [0.2, 0.25) is 0 Å². The fraction of sp³-hybridized carbons (Fsp3) is 0.462. The first-order valence-electron chi connectivity index (χ1n) is 5.94. The average molecular weight is 269 g/mol. The lowest BCUT2D eigenvalue weighted by Crippen LogP contribution is -2.38. The van der Waals surface area contributed by atoms with Crippen molar-refractivity contribution >= 4 is 17.6 Å². The Labute approximate surface area is 109 Å². The highest BCUT2D eigenvalue weighted by Gasteiger charge is 2.43. The van der Waals surface area contributed by atoms with E-state index in [0.717, 1.165) is 6.29 Å². The van der Waals surface area contributed by atoms with E-state index < -0.39 is 11.4 Å². The van der Waals surface area contributed by atoms with Gasteiger partial charge in [-0.05, 0) is 36.1 Å². The van der Waals surface area contributed by atoms with Crippen molar-refractivity contribution in [2.45, 2.75) is 24.8 Å². The van der Waals surface area contributed by atoms with E-state index in [0.29, 0.717) is 17.4 Å². The Balaban J connectivity index is 2.20. The van der Waals surface area contributed by atoms with E-state index in [-0.39, 0.29) is 17.8 Å². The van der Waals surface area contributed by atoms with Crippen LogP contribution in [-0.4, -0.2) is 27.7 Å². The highest BCUT2D eigenvalue weighted by molar-refractivity contribution is 7.89. The number of nitrogens with zero attached hydrogens (tertiary/aromatic N) is 1. The molecule has 5 heteroatoms. The van der Waals surface area contributed by atoms with Gasteiger partial charge in [-0.2, -0.15) is 0 Å². The maximum Gasteiger partial charge on any atom is 0.174 e. The van der Waals surface area contributed by atoms with Gasteiger partial charge < -0.3 is 9.35 Å². The number of halogens is 1. The lowest BCUT2D eigenvalue weighted by Gasteiger charge is -2.23. The van der Waals surface area contributed by atoms with Crippen LogP contribution in [0.2, 0.25) is 0 Å². The summed E-state index contributed by atoms with van der Waals surface area (Å²) in [5.41, 5.74) is 0. The largest absolute Gasteiger partial charge is 0.593 e. The second-order valence-electron chi connectivity index (χ2n) is 4.77. The molecule has 0 aromatic heterocycles. The van der Waals surface area contributed by atoms with Gasteiger partial charge in [0, 0.05) is 6.54 Å². The van der Waals surface area contributed by atoms with E-state index in [9.17, 15) is 13.7 Å². The highest BCUT2D eigenvalue weighted by atomic mass is 32.2. The smallest absolute Gasteiger partial charge is 0.174 e. The molecule has 0 amide bonds. The van der Waals surface area contributed by atoms with Crippen LogP contribution in [0.15, 0.2) is 29.2 Å². The molecular formula is C13H16FNO2S. The minimum atomic E-state index is -1.40. The second kappa shape index (κ2) is 5.38. The Morgan fingerprint density at radius 3 is 2.56 bits per heavy atom. The third kappa shape index (κ3) is 2.43. The molecule has 1 aromatic rings. The number of carbonyl (C=O) groups is 1. The molecule has 1 fully saturated rings. The summed E-state index contributed by atoms with van der Waals surface area (Å²) >= 11 is -1.40. The van der Waals surface area contributed by atoms with Crippen LogP contribution in [0.5, 0.6) is 0 Å². The molecule has 0 aliphatic carbocycles. The quantitative estimate of drug-likeness (QED) is 0.622. The molecular weight excluding hydrogens is 253 g/mol. The van der Waals surface area contributed by atoms with Gasteiger partial charge in [0.05, 0.1) is 11.4 Å². The number of benzene rings is 1. The second-order valence-corrected chi connectivity index (χ2v) is 6.20. The van der Waals surface area contributed by atoms with Gasteiger partial charge in [0.25, 0.3) is 0 Å². The Bertz CT molecular complexity index is 426. The summed E-state index contributed by atoms with van der Waals surface area (Å²) in [7, 11) is 0. The van der Waals surface area contributed by atoms with E-state index in [1.165, 1.54) is 24.3 Å². The molecule has 0 N–H and O–H groups in total. The standard InChI is InChI=1S/C13H16FNO2S/c1-9-7-15(13(8-16)10(9)2)18(17)12-5-3-11(14)4-6-12/h3-6,8-10,13H,7H2,1-2H3/t9-,10-,13?,18?/m0/s1. The van der Waals surface area contributed by atoms with Crippen LogP contribution in [0.4, 0.5) is 4.39 Å². The van der Waals surface area contributed by atoms with Gasteiger partial charge in [0.1, 0.15) is 18.1 Å². The van der Waals surface area contributed by atoms with Gasteiger partial charge in [-0.3, -0.25) is 0 Å². The Morgan fingerprint density at radius 1 is 1.39 bits per heavy atom.